The molecule has 0 aliphatic carbocycles. The van der Waals surface area contributed by atoms with Crippen molar-refractivity contribution < 1.29 is 4.74 Å². The van der Waals surface area contributed by atoms with Gasteiger partial charge in [0.05, 0.1) is 10.5 Å². The van der Waals surface area contributed by atoms with Crippen LogP contribution in [0.2, 0.25) is 5.02 Å². The van der Waals surface area contributed by atoms with Crippen molar-refractivity contribution in [2.24, 2.45) is 0 Å². The summed E-state index contributed by atoms with van der Waals surface area (Å²) in [4.78, 5) is 7.40. The van der Waals surface area contributed by atoms with Gasteiger partial charge in [-0.1, -0.05) is 38.4 Å². The van der Waals surface area contributed by atoms with Gasteiger partial charge >= 0.3 is 0 Å². The van der Waals surface area contributed by atoms with Crippen LogP contribution >= 0.6 is 11.6 Å². The molecule has 3 aromatic rings. The molecule has 0 atom stereocenters. The molecule has 0 fully saturated rings. The van der Waals surface area contributed by atoms with Gasteiger partial charge in [0.2, 0.25) is 0 Å². The van der Waals surface area contributed by atoms with Gasteiger partial charge in [0.15, 0.2) is 5.75 Å². The van der Waals surface area contributed by atoms with Crippen LogP contribution in [0.3, 0.4) is 0 Å². The van der Waals surface area contributed by atoms with Gasteiger partial charge in [-0.2, -0.15) is 0 Å². The summed E-state index contributed by atoms with van der Waals surface area (Å²) < 4.78 is 5.95. The van der Waals surface area contributed by atoms with Crippen molar-refractivity contribution in [3.8, 4) is 11.5 Å². The predicted octanol–water partition coefficient (Wildman–Crippen LogP) is 5.31. The zero-order valence-electron chi connectivity index (χ0n) is 12.3. The van der Waals surface area contributed by atoms with Crippen LogP contribution in [0.15, 0.2) is 42.7 Å². The summed E-state index contributed by atoms with van der Waals surface area (Å²) in [7, 11) is 0. The summed E-state index contributed by atoms with van der Waals surface area (Å²) in [5, 5.41) is 0.610. The number of ether oxygens (including phenoxy) is 1. The van der Waals surface area contributed by atoms with E-state index in [1.807, 2.05) is 36.5 Å². The first-order valence-electron chi connectivity index (χ1n) is 6.85. The van der Waals surface area contributed by atoms with Crippen molar-refractivity contribution in [3.63, 3.8) is 0 Å². The smallest absolute Gasteiger partial charge is 0.154 e. The Balaban J connectivity index is 1.97. The van der Waals surface area contributed by atoms with Crippen molar-refractivity contribution in [2.45, 2.75) is 26.2 Å². The number of hydrogen-bond acceptors (Lipinski definition) is 2. The Hall–Kier alpha value is -2.00. The zero-order chi connectivity index (χ0) is 15.0. The molecule has 3 rings (SSSR count). The summed E-state index contributed by atoms with van der Waals surface area (Å²) in [5.41, 5.74) is 2.98. The summed E-state index contributed by atoms with van der Waals surface area (Å²) >= 11 is 6.36. The van der Waals surface area contributed by atoms with E-state index in [1.165, 1.54) is 5.56 Å². The highest BCUT2D eigenvalue weighted by Gasteiger charge is 2.16. The van der Waals surface area contributed by atoms with E-state index in [0.717, 1.165) is 16.8 Å². The maximum Gasteiger partial charge on any atom is 0.154 e. The Morgan fingerprint density at radius 3 is 2.62 bits per heavy atom. The Kier molecular flexibility index (Phi) is 3.38. The third kappa shape index (κ3) is 2.74. The molecule has 0 bridgehead atoms. The van der Waals surface area contributed by atoms with E-state index >= 15 is 0 Å². The highest BCUT2D eigenvalue weighted by atomic mass is 35.5. The maximum absolute atomic E-state index is 6.36. The monoisotopic (exact) mass is 300 g/mol. The SMILES string of the molecule is CC(C)(C)c1ccc(Oc2ccnc3cc[nH]c23)c(Cl)c1. The first kappa shape index (κ1) is 14.0. The van der Waals surface area contributed by atoms with E-state index in [4.69, 9.17) is 16.3 Å². The lowest BCUT2D eigenvalue weighted by atomic mass is 9.87. The molecule has 2 aromatic heterocycles. The molecule has 2 heterocycles. The molecule has 0 saturated carbocycles. The van der Waals surface area contributed by atoms with Crippen LogP contribution < -0.4 is 4.74 Å². The van der Waals surface area contributed by atoms with Crippen LogP contribution in [-0.4, -0.2) is 9.97 Å². The fraction of sp³-hybridized carbons (Fsp3) is 0.235. The minimum Gasteiger partial charge on any atom is -0.453 e. The molecule has 0 spiro atoms. The highest BCUT2D eigenvalue weighted by Crippen LogP contribution is 2.35. The topological polar surface area (TPSA) is 37.9 Å². The minimum absolute atomic E-state index is 0.0611. The Morgan fingerprint density at radius 1 is 1.10 bits per heavy atom. The molecular weight excluding hydrogens is 284 g/mol. The number of nitrogens with one attached hydrogen (secondary N) is 1. The number of rotatable bonds is 2. The quantitative estimate of drug-likeness (QED) is 0.697. The first-order valence-corrected chi connectivity index (χ1v) is 7.23. The van der Waals surface area contributed by atoms with Crippen LogP contribution in [0.1, 0.15) is 26.3 Å². The fourth-order valence-electron chi connectivity index (χ4n) is 2.19. The molecule has 0 unspecified atom stereocenters. The number of aromatic nitrogens is 2. The van der Waals surface area contributed by atoms with Gasteiger partial charge in [-0.15, -0.1) is 0 Å². The lowest BCUT2D eigenvalue weighted by molar-refractivity contribution is 0.486. The molecule has 0 amide bonds. The van der Waals surface area contributed by atoms with Gasteiger partial charge in [0.1, 0.15) is 11.3 Å². The summed E-state index contributed by atoms with van der Waals surface area (Å²) in [6.45, 7) is 6.47. The fourth-order valence-corrected chi connectivity index (χ4v) is 2.41. The molecule has 4 heteroatoms. The molecule has 0 aliphatic rings. The van der Waals surface area contributed by atoms with Crippen LogP contribution in [0, 0.1) is 0 Å². The third-order valence-electron chi connectivity index (χ3n) is 3.43. The van der Waals surface area contributed by atoms with Gasteiger partial charge in [-0.3, -0.25) is 4.98 Å². The van der Waals surface area contributed by atoms with Gasteiger partial charge in [-0.25, -0.2) is 0 Å². The van der Waals surface area contributed by atoms with E-state index in [-0.39, 0.29) is 5.41 Å². The number of hydrogen-bond donors (Lipinski definition) is 1. The van der Waals surface area contributed by atoms with E-state index in [1.54, 1.807) is 6.20 Å². The van der Waals surface area contributed by atoms with E-state index < -0.39 is 0 Å². The van der Waals surface area contributed by atoms with Crippen LogP contribution in [0.25, 0.3) is 11.0 Å². The minimum atomic E-state index is 0.0611. The molecular formula is C17H17ClN2O. The van der Waals surface area contributed by atoms with Crippen LogP contribution in [-0.2, 0) is 5.41 Å². The van der Waals surface area contributed by atoms with Gasteiger partial charge < -0.3 is 9.72 Å². The Morgan fingerprint density at radius 2 is 1.90 bits per heavy atom. The molecule has 108 valence electrons. The number of fused-ring (bicyclic) bond motifs is 1. The second-order valence-electron chi connectivity index (χ2n) is 6.04. The largest absolute Gasteiger partial charge is 0.453 e. The van der Waals surface area contributed by atoms with Gasteiger partial charge in [0, 0.05) is 18.5 Å². The third-order valence-corrected chi connectivity index (χ3v) is 3.72. The normalized spacial score (nSPS) is 11.8. The van der Waals surface area contributed by atoms with Crippen molar-refractivity contribution in [3.05, 3.63) is 53.3 Å². The van der Waals surface area contributed by atoms with E-state index in [2.05, 4.69) is 30.7 Å². The average molecular weight is 301 g/mol. The van der Waals surface area contributed by atoms with E-state index in [0.29, 0.717) is 10.8 Å². The molecule has 1 N–H and O–H groups in total. The first-order chi connectivity index (χ1) is 9.95. The van der Waals surface area contributed by atoms with Crippen molar-refractivity contribution in [1.82, 2.24) is 9.97 Å². The number of pyridine rings is 1. The molecule has 0 saturated heterocycles. The van der Waals surface area contributed by atoms with Crippen molar-refractivity contribution >= 4 is 22.6 Å². The summed E-state index contributed by atoms with van der Waals surface area (Å²) in [6.07, 6.45) is 3.57. The van der Waals surface area contributed by atoms with Gasteiger partial charge in [-0.05, 0) is 29.2 Å². The molecule has 0 radical (unpaired) electrons. The second-order valence-corrected chi connectivity index (χ2v) is 6.45. The number of halogens is 1. The van der Waals surface area contributed by atoms with Gasteiger partial charge in [0.25, 0.3) is 0 Å². The summed E-state index contributed by atoms with van der Waals surface area (Å²) in [5.74, 6) is 1.36. The van der Waals surface area contributed by atoms with Crippen molar-refractivity contribution in [2.75, 3.05) is 0 Å². The zero-order valence-corrected chi connectivity index (χ0v) is 13.0. The number of H-pyrrole nitrogens is 1. The predicted molar refractivity (Wildman–Crippen MR) is 86.3 cm³/mol. The Labute approximate surface area is 128 Å². The molecule has 0 aliphatic heterocycles. The lowest BCUT2D eigenvalue weighted by Crippen LogP contribution is -2.10. The molecule has 3 nitrogen and oxygen atoms in total. The number of nitrogens with zero attached hydrogens (tertiary/aromatic N) is 1. The lowest BCUT2D eigenvalue weighted by Gasteiger charge is -2.20. The van der Waals surface area contributed by atoms with E-state index in [9.17, 15) is 0 Å². The Bertz CT molecular complexity index is 787. The average Bonchev–Trinajstić information content (AvgIpc) is 2.89. The maximum atomic E-state index is 6.36. The standard InChI is InChI=1S/C17H17ClN2O/c1-17(2,3)11-4-5-14(12(18)10-11)21-15-7-9-19-13-6-8-20-16(13)15/h4-10,20H,1-3H3. The molecule has 1 aromatic carbocycles. The second kappa shape index (κ2) is 5.08. The highest BCUT2D eigenvalue weighted by molar-refractivity contribution is 6.32. The van der Waals surface area contributed by atoms with Crippen LogP contribution in [0.4, 0.5) is 0 Å². The number of aromatic amines is 1. The summed E-state index contributed by atoms with van der Waals surface area (Å²) in [6, 6.07) is 9.66. The van der Waals surface area contributed by atoms with Crippen molar-refractivity contribution in [1.29, 1.82) is 0 Å². The number of benzene rings is 1. The van der Waals surface area contributed by atoms with Crippen LogP contribution in [0.5, 0.6) is 11.5 Å². The molecule has 21 heavy (non-hydrogen) atoms.